The van der Waals surface area contributed by atoms with Crippen LogP contribution in [0, 0.1) is 0 Å². The summed E-state index contributed by atoms with van der Waals surface area (Å²) < 4.78 is 22.2. The molecule has 3 rings (SSSR count). The van der Waals surface area contributed by atoms with Gasteiger partial charge in [-0.3, -0.25) is 4.79 Å². The second-order valence-electron chi connectivity index (χ2n) is 6.95. The maximum absolute atomic E-state index is 12.5. The summed E-state index contributed by atoms with van der Waals surface area (Å²) >= 11 is 0. The molecular weight excluding hydrogens is 394 g/mol. The molecule has 3 aromatic carbocycles. The second-order valence-corrected chi connectivity index (χ2v) is 6.95. The van der Waals surface area contributed by atoms with Crippen LogP contribution in [-0.2, 0) is 17.9 Å². The Balaban J connectivity index is 1.57. The lowest BCUT2D eigenvalue weighted by Crippen LogP contribution is -2.31. The molecule has 0 radical (unpaired) electrons. The molecule has 1 amide bonds. The van der Waals surface area contributed by atoms with Crippen LogP contribution < -0.4 is 18.9 Å². The summed E-state index contributed by atoms with van der Waals surface area (Å²) in [7, 11) is 4.90. The zero-order valence-corrected chi connectivity index (χ0v) is 18.0. The molecule has 0 heterocycles. The molecule has 0 aliphatic carbocycles. The Hall–Kier alpha value is -3.67. The third-order valence-corrected chi connectivity index (χ3v) is 4.73. The van der Waals surface area contributed by atoms with Crippen molar-refractivity contribution in [3.05, 3.63) is 83.9 Å². The largest absolute Gasteiger partial charge is 0.493 e. The molecule has 0 unspecified atom stereocenters. The van der Waals surface area contributed by atoms with Crippen molar-refractivity contribution < 1.29 is 23.7 Å². The van der Waals surface area contributed by atoms with Crippen molar-refractivity contribution in [1.29, 1.82) is 0 Å². The Morgan fingerprint density at radius 3 is 2.10 bits per heavy atom. The highest BCUT2D eigenvalue weighted by molar-refractivity contribution is 5.77. The van der Waals surface area contributed by atoms with Crippen LogP contribution >= 0.6 is 0 Å². The zero-order chi connectivity index (χ0) is 22.1. The first-order valence-corrected chi connectivity index (χ1v) is 9.94. The molecule has 0 saturated heterocycles. The third kappa shape index (κ3) is 6.15. The van der Waals surface area contributed by atoms with Gasteiger partial charge in [0, 0.05) is 13.6 Å². The zero-order valence-electron chi connectivity index (χ0n) is 18.0. The Morgan fingerprint density at radius 1 is 0.742 bits per heavy atom. The van der Waals surface area contributed by atoms with E-state index in [0.717, 1.165) is 11.1 Å². The first-order valence-electron chi connectivity index (χ1n) is 9.94. The number of hydrogen-bond acceptors (Lipinski definition) is 5. The lowest BCUT2D eigenvalue weighted by Gasteiger charge is -2.19. The van der Waals surface area contributed by atoms with E-state index in [1.165, 1.54) is 0 Å². The van der Waals surface area contributed by atoms with Crippen LogP contribution in [0.15, 0.2) is 72.8 Å². The van der Waals surface area contributed by atoms with Gasteiger partial charge in [-0.2, -0.15) is 0 Å². The number of para-hydroxylation sites is 2. The quantitative estimate of drug-likeness (QED) is 0.488. The number of amides is 1. The molecule has 162 valence electrons. The van der Waals surface area contributed by atoms with Crippen molar-refractivity contribution in [2.75, 3.05) is 27.9 Å². The number of rotatable bonds is 10. The summed E-state index contributed by atoms with van der Waals surface area (Å²) in [5, 5.41) is 0. The second kappa shape index (κ2) is 10.9. The molecule has 0 spiro atoms. The van der Waals surface area contributed by atoms with Crippen molar-refractivity contribution in [3.8, 4) is 23.0 Å². The number of nitrogens with zero attached hydrogens (tertiary/aromatic N) is 1. The van der Waals surface area contributed by atoms with Gasteiger partial charge in [-0.25, -0.2) is 0 Å². The van der Waals surface area contributed by atoms with Gasteiger partial charge in [-0.15, -0.1) is 0 Å². The topological polar surface area (TPSA) is 57.2 Å². The van der Waals surface area contributed by atoms with Gasteiger partial charge in [0.25, 0.3) is 5.91 Å². The van der Waals surface area contributed by atoms with Crippen molar-refractivity contribution >= 4 is 5.91 Å². The van der Waals surface area contributed by atoms with Gasteiger partial charge in [0.1, 0.15) is 6.61 Å². The minimum atomic E-state index is -0.144. The number of carbonyl (C=O) groups is 1. The van der Waals surface area contributed by atoms with Crippen LogP contribution in [0.2, 0.25) is 0 Å². The number of ether oxygens (including phenoxy) is 4. The van der Waals surface area contributed by atoms with Crippen molar-refractivity contribution in [1.82, 2.24) is 4.90 Å². The molecule has 6 heteroatoms. The standard InChI is InChI=1S/C25H27NO5/c1-26(25(27)18-31-22-12-8-7-11-21(22)28-2)16-20-13-14-23(24(15-20)29-3)30-17-19-9-5-4-6-10-19/h4-15H,16-18H2,1-3H3. The predicted molar refractivity (Wildman–Crippen MR) is 119 cm³/mol. The molecular formula is C25H27NO5. The number of methoxy groups -OCH3 is 2. The Kier molecular flexibility index (Phi) is 7.76. The highest BCUT2D eigenvalue weighted by atomic mass is 16.5. The molecule has 0 aromatic heterocycles. The SMILES string of the molecule is COc1ccccc1OCC(=O)N(C)Cc1ccc(OCc2ccccc2)c(OC)c1. The summed E-state index contributed by atoms with van der Waals surface area (Å²) in [5.74, 6) is 2.26. The maximum Gasteiger partial charge on any atom is 0.260 e. The van der Waals surface area contributed by atoms with Crippen molar-refractivity contribution in [2.24, 2.45) is 0 Å². The molecule has 0 atom stereocenters. The summed E-state index contributed by atoms with van der Waals surface area (Å²) in [5.41, 5.74) is 2.01. The van der Waals surface area contributed by atoms with Crippen molar-refractivity contribution in [2.45, 2.75) is 13.2 Å². The van der Waals surface area contributed by atoms with E-state index in [2.05, 4.69) is 0 Å². The molecule has 31 heavy (non-hydrogen) atoms. The van der Waals surface area contributed by atoms with Crippen LogP contribution in [0.1, 0.15) is 11.1 Å². The molecule has 0 aliphatic heterocycles. The number of benzene rings is 3. The highest BCUT2D eigenvalue weighted by Gasteiger charge is 2.14. The fourth-order valence-electron chi connectivity index (χ4n) is 3.01. The van der Waals surface area contributed by atoms with Crippen LogP contribution in [0.4, 0.5) is 0 Å². The fourth-order valence-corrected chi connectivity index (χ4v) is 3.01. The van der Waals surface area contributed by atoms with Crippen LogP contribution in [0.3, 0.4) is 0 Å². The van der Waals surface area contributed by atoms with Gasteiger partial charge in [0.2, 0.25) is 0 Å². The summed E-state index contributed by atoms with van der Waals surface area (Å²) in [6.45, 7) is 0.797. The normalized spacial score (nSPS) is 10.3. The van der Waals surface area contributed by atoms with E-state index >= 15 is 0 Å². The predicted octanol–water partition coefficient (Wildman–Crippen LogP) is 4.32. The molecule has 0 aliphatic rings. The van der Waals surface area contributed by atoms with Crippen LogP contribution in [-0.4, -0.2) is 38.7 Å². The molecule has 0 fully saturated rings. The molecule has 6 nitrogen and oxygen atoms in total. The van der Waals surface area contributed by atoms with Crippen LogP contribution in [0.5, 0.6) is 23.0 Å². The van der Waals surface area contributed by atoms with E-state index in [1.54, 1.807) is 38.3 Å². The lowest BCUT2D eigenvalue weighted by molar-refractivity contribution is -0.132. The molecule has 0 bridgehead atoms. The Bertz CT molecular complexity index is 990. The van der Waals surface area contributed by atoms with Gasteiger partial charge in [-0.05, 0) is 35.4 Å². The minimum Gasteiger partial charge on any atom is -0.493 e. The monoisotopic (exact) mass is 421 g/mol. The number of likely N-dealkylation sites (N-methyl/N-ethyl adjacent to an activating group) is 1. The van der Waals surface area contributed by atoms with E-state index in [-0.39, 0.29) is 12.5 Å². The third-order valence-electron chi connectivity index (χ3n) is 4.73. The average molecular weight is 421 g/mol. The minimum absolute atomic E-state index is 0.0771. The van der Waals surface area contributed by atoms with Crippen molar-refractivity contribution in [3.63, 3.8) is 0 Å². The van der Waals surface area contributed by atoms with Gasteiger partial charge < -0.3 is 23.8 Å². The van der Waals surface area contributed by atoms with E-state index < -0.39 is 0 Å². The molecule has 3 aromatic rings. The molecule has 0 saturated carbocycles. The van der Waals surface area contributed by atoms with E-state index in [0.29, 0.717) is 36.1 Å². The van der Waals surface area contributed by atoms with Crippen LogP contribution in [0.25, 0.3) is 0 Å². The Labute approximate surface area is 182 Å². The average Bonchev–Trinajstić information content (AvgIpc) is 2.82. The van der Waals surface area contributed by atoms with Gasteiger partial charge >= 0.3 is 0 Å². The number of carbonyl (C=O) groups excluding carboxylic acids is 1. The van der Waals surface area contributed by atoms with Gasteiger partial charge in [-0.1, -0.05) is 48.5 Å². The maximum atomic E-state index is 12.5. The number of hydrogen-bond donors (Lipinski definition) is 0. The fraction of sp³-hybridized carbons (Fsp3) is 0.240. The lowest BCUT2D eigenvalue weighted by atomic mass is 10.2. The van der Waals surface area contributed by atoms with Gasteiger partial charge in [0.05, 0.1) is 14.2 Å². The van der Waals surface area contributed by atoms with E-state index in [1.807, 2.05) is 60.7 Å². The summed E-state index contributed by atoms with van der Waals surface area (Å²) in [4.78, 5) is 14.1. The Morgan fingerprint density at radius 2 is 1.39 bits per heavy atom. The first-order chi connectivity index (χ1) is 15.1. The van der Waals surface area contributed by atoms with E-state index in [4.69, 9.17) is 18.9 Å². The summed E-state index contributed by atoms with van der Waals surface area (Å²) in [6.07, 6.45) is 0. The van der Waals surface area contributed by atoms with E-state index in [9.17, 15) is 4.79 Å². The summed E-state index contributed by atoms with van der Waals surface area (Å²) in [6, 6.07) is 22.8. The highest BCUT2D eigenvalue weighted by Crippen LogP contribution is 2.29. The first kappa shape index (κ1) is 22.0. The van der Waals surface area contributed by atoms with Gasteiger partial charge in [0.15, 0.2) is 29.6 Å². The smallest absolute Gasteiger partial charge is 0.260 e. The molecule has 0 N–H and O–H groups in total.